The number of hydrogen-bond donors (Lipinski definition) is 2. The molecule has 0 aromatic heterocycles. The summed E-state index contributed by atoms with van der Waals surface area (Å²) in [4.78, 5) is 30.1. The van der Waals surface area contributed by atoms with Crippen molar-refractivity contribution >= 4 is 13.4 Å². The largest absolute Gasteiger partial charge is 0.338 e. The van der Waals surface area contributed by atoms with Gasteiger partial charge in [-0.2, -0.15) is 0 Å². The van der Waals surface area contributed by atoms with Crippen molar-refractivity contribution in [3.8, 4) is 0 Å². The number of rotatable bonds is 5. The van der Waals surface area contributed by atoms with E-state index in [9.17, 15) is 9.36 Å². The smallest absolute Gasteiger partial charge is 0.324 e. The second-order valence-corrected chi connectivity index (χ2v) is 7.09. The monoisotopic (exact) mass is 248 g/mol. The number of hydrogen-bond acceptors (Lipinski definition) is 2. The van der Waals surface area contributed by atoms with Crippen molar-refractivity contribution in [3.05, 3.63) is 11.6 Å². The molecule has 2 N–H and O–H groups in total. The van der Waals surface area contributed by atoms with Crippen LogP contribution in [-0.4, -0.2) is 20.7 Å². The van der Waals surface area contributed by atoms with E-state index in [1.54, 1.807) is 6.92 Å². The highest BCUT2D eigenvalue weighted by Gasteiger charge is 2.45. The van der Waals surface area contributed by atoms with Crippen LogP contribution in [0.1, 0.15) is 41.0 Å². The zero-order valence-electron chi connectivity index (χ0n) is 10.5. The van der Waals surface area contributed by atoms with Gasteiger partial charge in [-0.3, -0.25) is 9.36 Å². The van der Waals surface area contributed by atoms with Gasteiger partial charge in [0.1, 0.15) is 5.16 Å². The first-order chi connectivity index (χ1) is 7.00. The van der Waals surface area contributed by atoms with Crippen LogP contribution in [0.15, 0.2) is 11.6 Å². The molecule has 0 aliphatic carbocycles. The van der Waals surface area contributed by atoms with Gasteiger partial charge in [0, 0.05) is 5.92 Å². The molecule has 0 heterocycles. The van der Waals surface area contributed by atoms with Gasteiger partial charge >= 0.3 is 7.60 Å². The summed E-state index contributed by atoms with van der Waals surface area (Å²) < 4.78 is 11.2. The molecule has 0 amide bonds. The van der Waals surface area contributed by atoms with Gasteiger partial charge in [-0.05, 0) is 34.1 Å². The van der Waals surface area contributed by atoms with E-state index in [2.05, 4.69) is 0 Å². The summed E-state index contributed by atoms with van der Waals surface area (Å²) in [5, 5.41) is -1.60. The van der Waals surface area contributed by atoms with Crippen LogP contribution in [0.25, 0.3) is 0 Å². The molecule has 0 aliphatic rings. The van der Waals surface area contributed by atoms with Crippen molar-refractivity contribution in [1.29, 1.82) is 0 Å². The Kier molecular flexibility index (Phi) is 5.12. The molecular weight excluding hydrogens is 227 g/mol. The summed E-state index contributed by atoms with van der Waals surface area (Å²) in [6, 6.07) is 0. The fourth-order valence-corrected chi connectivity index (χ4v) is 1.77. The Hall–Kier alpha value is -0.440. The number of carbonyl (C=O) groups excluding carboxylic acids is 1. The van der Waals surface area contributed by atoms with Crippen molar-refractivity contribution in [3.63, 3.8) is 0 Å². The lowest BCUT2D eigenvalue weighted by molar-refractivity contribution is -0.124. The average molecular weight is 248 g/mol. The van der Waals surface area contributed by atoms with Gasteiger partial charge in [0.05, 0.1) is 0 Å². The Bertz CT molecular complexity index is 334. The van der Waals surface area contributed by atoms with Crippen molar-refractivity contribution in [1.82, 2.24) is 0 Å². The van der Waals surface area contributed by atoms with Crippen LogP contribution >= 0.6 is 7.60 Å². The fourth-order valence-electron chi connectivity index (χ4n) is 1.27. The molecule has 1 atom stereocenters. The van der Waals surface area contributed by atoms with E-state index < -0.39 is 18.5 Å². The van der Waals surface area contributed by atoms with E-state index >= 15 is 0 Å². The number of ketones is 1. The lowest BCUT2D eigenvalue weighted by Crippen LogP contribution is -2.35. The van der Waals surface area contributed by atoms with Crippen molar-refractivity contribution < 1.29 is 19.1 Å². The van der Waals surface area contributed by atoms with Crippen LogP contribution in [0.5, 0.6) is 0 Å². The molecule has 0 spiro atoms. The molecule has 0 radical (unpaired) electrons. The van der Waals surface area contributed by atoms with E-state index in [-0.39, 0.29) is 5.92 Å². The number of allylic oxidation sites excluding steroid dienone is 2. The zero-order valence-corrected chi connectivity index (χ0v) is 11.4. The molecule has 0 fully saturated rings. The highest BCUT2D eigenvalue weighted by atomic mass is 31.2. The summed E-state index contributed by atoms with van der Waals surface area (Å²) >= 11 is 0. The van der Waals surface area contributed by atoms with E-state index in [1.165, 1.54) is 13.8 Å². The van der Waals surface area contributed by atoms with Gasteiger partial charge in [0.15, 0.2) is 5.78 Å². The minimum atomic E-state index is -4.40. The quantitative estimate of drug-likeness (QED) is 0.579. The van der Waals surface area contributed by atoms with E-state index in [1.807, 2.05) is 19.9 Å². The normalized spacial score (nSPS) is 14.4. The third-order valence-electron chi connectivity index (χ3n) is 2.66. The zero-order chi connectivity index (χ0) is 13.1. The van der Waals surface area contributed by atoms with E-state index in [0.29, 0.717) is 6.42 Å². The minimum Gasteiger partial charge on any atom is -0.324 e. The van der Waals surface area contributed by atoms with Crippen LogP contribution in [0, 0.1) is 5.92 Å². The van der Waals surface area contributed by atoms with Gasteiger partial charge in [-0.15, -0.1) is 0 Å². The molecule has 1 unspecified atom stereocenters. The van der Waals surface area contributed by atoms with Gasteiger partial charge in [-0.1, -0.05) is 18.6 Å². The minimum absolute atomic E-state index is 0.377. The van der Waals surface area contributed by atoms with Crippen molar-refractivity contribution in [2.75, 3.05) is 0 Å². The van der Waals surface area contributed by atoms with Gasteiger partial charge in [0.2, 0.25) is 0 Å². The highest BCUT2D eigenvalue weighted by molar-refractivity contribution is 7.54. The number of Topliss-reactive ketones (excluding diaryl/α,β-unsaturated/α-hetero) is 1. The second kappa shape index (κ2) is 5.26. The maximum Gasteiger partial charge on any atom is 0.338 e. The summed E-state index contributed by atoms with van der Waals surface area (Å²) in [5.41, 5.74) is 1.09. The first-order valence-electron chi connectivity index (χ1n) is 5.23. The van der Waals surface area contributed by atoms with Crippen LogP contribution < -0.4 is 0 Å². The molecule has 0 aromatic carbocycles. The van der Waals surface area contributed by atoms with Crippen molar-refractivity contribution in [2.45, 2.75) is 46.2 Å². The summed E-state index contributed by atoms with van der Waals surface area (Å²) in [7, 11) is -4.40. The van der Waals surface area contributed by atoms with Crippen LogP contribution in [0.4, 0.5) is 0 Å². The first kappa shape index (κ1) is 15.6. The molecule has 5 heteroatoms. The molecular formula is C11H21O4P. The molecule has 0 aromatic rings. The van der Waals surface area contributed by atoms with Crippen LogP contribution in [0.2, 0.25) is 0 Å². The second-order valence-electron chi connectivity index (χ2n) is 4.89. The Morgan fingerprint density at radius 1 is 1.38 bits per heavy atom. The average Bonchev–Trinajstić information content (AvgIpc) is 2.10. The topological polar surface area (TPSA) is 74.6 Å². The Morgan fingerprint density at radius 3 is 2.12 bits per heavy atom. The van der Waals surface area contributed by atoms with Gasteiger partial charge < -0.3 is 9.79 Å². The van der Waals surface area contributed by atoms with E-state index in [4.69, 9.17) is 9.79 Å². The van der Waals surface area contributed by atoms with Gasteiger partial charge in [0.25, 0.3) is 0 Å². The summed E-state index contributed by atoms with van der Waals surface area (Å²) in [5.74, 6) is -0.768. The van der Waals surface area contributed by atoms with Gasteiger partial charge in [-0.25, -0.2) is 0 Å². The predicted molar refractivity (Wildman–Crippen MR) is 64.3 cm³/mol. The fraction of sp³-hybridized carbons (Fsp3) is 0.727. The maximum absolute atomic E-state index is 11.9. The lowest BCUT2D eigenvalue weighted by atomic mass is 9.93. The summed E-state index contributed by atoms with van der Waals surface area (Å²) in [6.45, 7) is 8.14. The van der Waals surface area contributed by atoms with Crippen molar-refractivity contribution in [2.24, 2.45) is 5.92 Å². The predicted octanol–water partition coefficient (Wildman–Crippen LogP) is 2.50. The molecule has 0 bridgehead atoms. The molecule has 16 heavy (non-hydrogen) atoms. The molecule has 4 nitrogen and oxygen atoms in total. The molecule has 0 aliphatic heterocycles. The van der Waals surface area contributed by atoms with E-state index in [0.717, 1.165) is 5.57 Å². The highest BCUT2D eigenvalue weighted by Crippen LogP contribution is 2.51. The van der Waals surface area contributed by atoms with Crippen LogP contribution in [-0.2, 0) is 9.36 Å². The third kappa shape index (κ3) is 3.85. The first-order valence-corrected chi connectivity index (χ1v) is 6.84. The number of carbonyl (C=O) groups is 1. The SMILES string of the molecule is CC(C)=CCC(C)C(=O)C(C)(C)P(=O)(O)O. The Balaban J connectivity index is 4.81. The van der Waals surface area contributed by atoms with Crippen LogP contribution in [0.3, 0.4) is 0 Å². The molecule has 0 rings (SSSR count). The molecule has 94 valence electrons. The molecule has 0 saturated heterocycles. The molecule has 0 saturated carbocycles. The third-order valence-corrected chi connectivity index (χ3v) is 4.34. The maximum atomic E-state index is 11.9. The Labute approximate surface area is 96.9 Å². The standard InChI is InChI=1S/C11H21O4P/c1-8(2)6-7-9(3)10(12)11(4,5)16(13,14)15/h6,9H,7H2,1-5H3,(H2,13,14,15). The summed E-state index contributed by atoms with van der Waals surface area (Å²) in [6.07, 6.45) is 2.42. The Morgan fingerprint density at radius 2 is 1.81 bits per heavy atom. The lowest BCUT2D eigenvalue weighted by Gasteiger charge is -2.26.